The quantitative estimate of drug-likeness (QED) is 0.861. The van der Waals surface area contributed by atoms with Crippen LogP contribution in [0, 0.1) is 5.92 Å². The molecule has 2 nitrogen and oxygen atoms in total. The summed E-state index contributed by atoms with van der Waals surface area (Å²) in [6.45, 7) is 6.65. The predicted octanol–water partition coefficient (Wildman–Crippen LogP) is 4.73. The second-order valence-electron chi connectivity index (χ2n) is 5.20. The normalized spacial score (nSPS) is 12.9. The summed E-state index contributed by atoms with van der Waals surface area (Å²) in [5, 5.41) is 5.33. The Morgan fingerprint density at radius 2 is 2.06 bits per heavy atom. The molecule has 1 aromatic carbocycles. The van der Waals surface area contributed by atoms with Gasteiger partial charge in [0.25, 0.3) is 0 Å². The highest BCUT2D eigenvalue weighted by Gasteiger charge is 2.09. The summed E-state index contributed by atoms with van der Waals surface area (Å²) in [5.41, 5.74) is 2.00. The summed E-state index contributed by atoms with van der Waals surface area (Å²) < 4.78 is 0. The maximum Gasteiger partial charge on any atom is 0.0934 e. The highest BCUT2D eigenvalue weighted by atomic mass is 35.5. The Balaban J connectivity index is 2.32. The fourth-order valence-electron chi connectivity index (χ4n) is 2.30. The summed E-state index contributed by atoms with van der Waals surface area (Å²) >= 11 is 6.15. The Morgan fingerprint density at radius 1 is 1.28 bits per heavy atom. The lowest BCUT2D eigenvalue weighted by Gasteiger charge is -2.18. The third-order valence-electron chi connectivity index (χ3n) is 2.90. The molecule has 2 rings (SSSR count). The van der Waals surface area contributed by atoms with Crippen molar-refractivity contribution in [1.82, 2.24) is 4.98 Å². The fraction of sp³-hybridized carbons (Fsp3) is 0.400. The van der Waals surface area contributed by atoms with E-state index in [2.05, 4.69) is 31.1 Å². The lowest BCUT2D eigenvalue weighted by molar-refractivity contribution is 0.540. The molecule has 18 heavy (non-hydrogen) atoms. The molecule has 1 unspecified atom stereocenters. The molecule has 1 aromatic heterocycles. The summed E-state index contributed by atoms with van der Waals surface area (Å²) in [6.07, 6.45) is 2.94. The van der Waals surface area contributed by atoms with Crippen LogP contribution in [0.2, 0.25) is 5.02 Å². The molecule has 0 fully saturated rings. The molecule has 1 N–H and O–H groups in total. The Bertz CT molecular complexity index is 537. The van der Waals surface area contributed by atoms with Crippen LogP contribution in [0.1, 0.15) is 27.2 Å². The maximum absolute atomic E-state index is 6.15. The van der Waals surface area contributed by atoms with Gasteiger partial charge in [-0.25, -0.2) is 0 Å². The van der Waals surface area contributed by atoms with E-state index in [1.165, 1.54) is 0 Å². The molecule has 3 heteroatoms. The molecule has 96 valence electrons. The van der Waals surface area contributed by atoms with E-state index in [-0.39, 0.29) is 0 Å². The minimum atomic E-state index is 0.411. The van der Waals surface area contributed by atoms with Gasteiger partial charge >= 0.3 is 0 Å². The molecule has 0 aliphatic carbocycles. The molecule has 1 heterocycles. The number of pyridine rings is 1. The van der Waals surface area contributed by atoms with Crippen molar-refractivity contribution in [3.63, 3.8) is 0 Å². The monoisotopic (exact) mass is 262 g/mol. The topological polar surface area (TPSA) is 24.9 Å². The van der Waals surface area contributed by atoms with Crippen molar-refractivity contribution in [3.8, 4) is 0 Å². The largest absolute Gasteiger partial charge is 0.381 e. The highest BCUT2D eigenvalue weighted by Crippen LogP contribution is 2.27. The van der Waals surface area contributed by atoms with E-state index < -0.39 is 0 Å². The van der Waals surface area contributed by atoms with Crippen molar-refractivity contribution in [2.24, 2.45) is 5.92 Å². The van der Waals surface area contributed by atoms with Crippen molar-refractivity contribution in [3.05, 3.63) is 35.5 Å². The van der Waals surface area contributed by atoms with Gasteiger partial charge in [0.2, 0.25) is 0 Å². The van der Waals surface area contributed by atoms with Crippen LogP contribution in [0.3, 0.4) is 0 Å². The molecular weight excluding hydrogens is 244 g/mol. The van der Waals surface area contributed by atoms with Crippen LogP contribution in [-0.4, -0.2) is 11.0 Å². The van der Waals surface area contributed by atoms with Gasteiger partial charge in [-0.15, -0.1) is 0 Å². The van der Waals surface area contributed by atoms with E-state index in [1.807, 2.05) is 30.5 Å². The number of halogens is 1. The fourth-order valence-corrected chi connectivity index (χ4v) is 2.52. The zero-order valence-electron chi connectivity index (χ0n) is 11.1. The van der Waals surface area contributed by atoms with Gasteiger partial charge in [-0.1, -0.05) is 31.5 Å². The van der Waals surface area contributed by atoms with Crippen LogP contribution in [0.25, 0.3) is 10.9 Å². The van der Waals surface area contributed by atoms with Crippen LogP contribution in [0.15, 0.2) is 30.5 Å². The van der Waals surface area contributed by atoms with E-state index >= 15 is 0 Å². The van der Waals surface area contributed by atoms with Crippen molar-refractivity contribution >= 4 is 28.2 Å². The van der Waals surface area contributed by atoms with Gasteiger partial charge in [-0.3, -0.25) is 4.98 Å². The smallest absolute Gasteiger partial charge is 0.0934 e. The molecule has 0 saturated heterocycles. The number of benzene rings is 1. The van der Waals surface area contributed by atoms with Crippen LogP contribution >= 0.6 is 11.6 Å². The SMILES string of the molecule is CC(C)CC(C)Nc1cc(Cl)cc2cccnc12. The average Bonchev–Trinajstić information content (AvgIpc) is 2.27. The number of aromatic nitrogens is 1. The van der Waals surface area contributed by atoms with Crippen LogP contribution in [-0.2, 0) is 0 Å². The third-order valence-corrected chi connectivity index (χ3v) is 3.11. The zero-order valence-corrected chi connectivity index (χ0v) is 11.8. The van der Waals surface area contributed by atoms with Gasteiger partial charge < -0.3 is 5.32 Å². The second-order valence-corrected chi connectivity index (χ2v) is 5.64. The van der Waals surface area contributed by atoms with Crippen molar-refractivity contribution in [2.75, 3.05) is 5.32 Å². The van der Waals surface area contributed by atoms with Gasteiger partial charge in [-0.05, 0) is 37.5 Å². The van der Waals surface area contributed by atoms with E-state index in [9.17, 15) is 0 Å². The van der Waals surface area contributed by atoms with E-state index in [1.54, 1.807) is 0 Å². The number of fused-ring (bicyclic) bond motifs is 1. The van der Waals surface area contributed by atoms with E-state index in [0.717, 1.165) is 28.0 Å². The standard InChI is InChI=1S/C15H19ClN2/c1-10(2)7-11(3)18-14-9-13(16)8-12-5-4-6-17-15(12)14/h4-6,8-11,18H,7H2,1-3H3. The Morgan fingerprint density at radius 3 is 2.78 bits per heavy atom. The summed E-state index contributed by atoms with van der Waals surface area (Å²) in [5.74, 6) is 0.672. The Kier molecular flexibility index (Phi) is 4.07. The molecule has 0 aliphatic rings. The van der Waals surface area contributed by atoms with Crippen LogP contribution < -0.4 is 5.32 Å². The first-order chi connectivity index (χ1) is 8.56. The Labute approximate surface area is 113 Å². The first-order valence-electron chi connectivity index (χ1n) is 6.37. The molecule has 0 bridgehead atoms. The van der Waals surface area contributed by atoms with Gasteiger partial charge in [0.05, 0.1) is 11.2 Å². The van der Waals surface area contributed by atoms with Gasteiger partial charge in [0.1, 0.15) is 0 Å². The highest BCUT2D eigenvalue weighted by molar-refractivity contribution is 6.31. The van der Waals surface area contributed by atoms with Crippen LogP contribution in [0.5, 0.6) is 0 Å². The molecule has 2 aromatic rings. The lowest BCUT2D eigenvalue weighted by Crippen LogP contribution is -2.17. The molecule has 0 radical (unpaired) electrons. The minimum absolute atomic E-state index is 0.411. The number of rotatable bonds is 4. The lowest BCUT2D eigenvalue weighted by atomic mass is 10.0. The zero-order chi connectivity index (χ0) is 13.1. The number of nitrogens with zero attached hydrogens (tertiary/aromatic N) is 1. The van der Waals surface area contributed by atoms with Gasteiger partial charge in [0.15, 0.2) is 0 Å². The number of hydrogen-bond acceptors (Lipinski definition) is 2. The summed E-state index contributed by atoms with van der Waals surface area (Å²) in [7, 11) is 0. The predicted molar refractivity (Wildman–Crippen MR) is 79.3 cm³/mol. The summed E-state index contributed by atoms with van der Waals surface area (Å²) in [4.78, 5) is 4.43. The minimum Gasteiger partial charge on any atom is -0.381 e. The average molecular weight is 263 g/mol. The van der Waals surface area contributed by atoms with Crippen molar-refractivity contribution < 1.29 is 0 Å². The molecule has 0 saturated carbocycles. The van der Waals surface area contributed by atoms with Gasteiger partial charge in [0, 0.05) is 22.6 Å². The molecule has 0 aliphatic heterocycles. The van der Waals surface area contributed by atoms with E-state index in [4.69, 9.17) is 11.6 Å². The molecule has 1 atom stereocenters. The number of hydrogen-bond donors (Lipinski definition) is 1. The number of anilines is 1. The summed E-state index contributed by atoms with van der Waals surface area (Å²) in [6, 6.07) is 8.27. The maximum atomic E-state index is 6.15. The third kappa shape index (κ3) is 3.14. The second kappa shape index (κ2) is 5.57. The molecular formula is C15H19ClN2. The first kappa shape index (κ1) is 13.2. The van der Waals surface area contributed by atoms with Crippen LogP contribution in [0.4, 0.5) is 5.69 Å². The first-order valence-corrected chi connectivity index (χ1v) is 6.75. The molecule has 0 amide bonds. The Hall–Kier alpha value is -1.28. The molecule has 0 spiro atoms. The number of nitrogens with one attached hydrogen (secondary N) is 1. The van der Waals surface area contributed by atoms with E-state index in [0.29, 0.717) is 12.0 Å². The van der Waals surface area contributed by atoms with Gasteiger partial charge in [-0.2, -0.15) is 0 Å². The van der Waals surface area contributed by atoms with Crippen molar-refractivity contribution in [1.29, 1.82) is 0 Å². The van der Waals surface area contributed by atoms with Crippen molar-refractivity contribution in [2.45, 2.75) is 33.2 Å².